The van der Waals surface area contributed by atoms with Gasteiger partial charge in [0.1, 0.15) is 5.69 Å². The molecule has 133 heavy (non-hydrogen) atoms. The Morgan fingerprint density at radius 1 is 0.338 bits per heavy atom. The quantitative estimate of drug-likeness (QED) is 0.0876. The zero-order valence-electron chi connectivity index (χ0n) is 70.4. The van der Waals surface area contributed by atoms with Gasteiger partial charge in [0, 0.05) is 113 Å². The number of carbonyl (C=O) groups excluding carboxylic acids is 7. The molecule has 4 saturated heterocycles. The lowest BCUT2D eigenvalue weighted by molar-refractivity contribution is -0.142. The van der Waals surface area contributed by atoms with Crippen LogP contribution in [-0.2, 0) is 81.9 Å². The van der Waals surface area contributed by atoms with Gasteiger partial charge in [0.25, 0.3) is 35.4 Å². The second-order valence-electron chi connectivity index (χ2n) is 33.1. The number of nitrogens with zero attached hydrogens (tertiary/aromatic N) is 14. The van der Waals surface area contributed by atoms with Gasteiger partial charge < -0.3 is 34.3 Å². The van der Waals surface area contributed by atoms with Crippen molar-refractivity contribution in [2.24, 2.45) is 0 Å². The predicted octanol–water partition coefficient (Wildman–Crippen LogP) is 16.2. The van der Waals surface area contributed by atoms with E-state index in [9.17, 15) is 121 Å². The monoisotopic (exact) mass is 1880 g/mol. The summed E-state index contributed by atoms with van der Waals surface area (Å²) in [5.41, 5.74) is -0.344. The van der Waals surface area contributed by atoms with Crippen LogP contribution in [0.25, 0.3) is 0 Å². The Labute approximate surface area is 742 Å². The molecule has 0 radical (unpaired) electrons. The highest BCUT2D eigenvalue weighted by atomic mass is 19.4. The summed E-state index contributed by atoms with van der Waals surface area (Å²) < 4.78 is 270. The summed E-state index contributed by atoms with van der Waals surface area (Å²) in [5, 5.41) is 27.7. The van der Waals surface area contributed by atoms with Crippen molar-refractivity contribution in [2.45, 2.75) is 166 Å². The lowest BCUT2D eigenvalue weighted by atomic mass is 9.86. The molecular formula is C88H80F20N18O7. The zero-order valence-corrected chi connectivity index (χ0v) is 70.4. The van der Waals surface area contributed by atoms with Gasteiger partial charge in [0.2, 0.25) is 5.91 Å². The van der Waals surface area contributed by atoms with Crippen molar-refractivity contribution in [3.63, 3.8) is 0 Å². The van der Waals surface area contributed by atoms with Crippen LogP contribution in [0.1, 0.15) is 241 Å². The summed E-state index contributed by atoms with van der Waals surface area (Å²) in [5.74, 6) is -18.5. The molecule has 7 amide bonds. The molecule has 4 N–H and O–H groups in total. The maximum atomic E-state index is 14.0. The topological polar surface area (TPSA) is 286 Å². The third-order valence-corrected chi connectivity index (χ3v) is 25.3. The van der Waals surface area contributed by atoms with E-state index in [1.54, 1.807) is 51.2 Å². The molecule has 0 atom stereocenters. The second kappa shape index (κ2) is 37.9. The molecule has 4 fully saturated rings. The van der Waals surface area contributed by atoms with Gasteiger partial charge in [0.15, 0.2) is 69.3 Å². The first kappa shape index (κ1) is 94.5. The van der Waals surface area contributed by atoms with Crippen molar-refractivity contribution in [2.75, 3.05) is 58.9 Å². The van der Waals surface area contributed by atoms with Crippen LogP contribution in [0.5, 0.6) is 0 Å². The van der Waals surface area contributed by atoms with Crippen molar-refractivity contribution in [3.8, 4) is 0 Å². The molecule has 25 nitrogen and oxygen atoms in total. The number of H-pyrrole nitrogens is 4. The van der Waals surface area contributed by atoms with E-state index in [4.69, 9.17) is 0 Å². The number of likely N-dealkylation sites (tertiary alicyclic amines) is 4. The maximum Gasteiger partial charge on any atom is 0.419 e. The number of hydrogen-bond donors (Lipinski definition) is 4. The third-order valence-electron chi connectivity index (χ3n) is 25.3. The largest absolute Gasteiger partial charge is 0.419 e. The molecule has 45 heteroatoms. The molecule has 10 aromatic rings. The van der Waals surface area contributed by atoms with E-state index in [0.717, 1.165) is 48.1 Å². The molecule has 6 aromatic heterocycles. The number of aromatic nitrogens is 10. The fraction of sp³-hybridized carbons (Fsp3) is 0.398. The minimum Gasteiger partial charge on any atom is -0.337 e. The molecule has 4 aromatic carbocycles. The molecule has 8 aliphatic heterocycles. The van der Waals surface area contributed by atoms with E-state index in [1.165, 1.54) is 38.9 Å². The van der Waals surface area contributed by atoms with E-state index >= 15 is 0 Å². The van der Waals surface area contributed by atoms with Crippen LogP contribution in [-0.4, -0.2) is 190 Å². The summed E-state index contributed by atoms with van der Waals surface area (Å²) in [6, 6.07) is 15.0. The van der Waals surface area contributed by atoms with E-state index in [0.29, 0.717) is 82.9 Å². The molecule has 0 unspecified atom stereocenters. The zero-order chi connectivity index (χ0) is 95.4. The van der Waals surface area contributed by atoms with Gasteiger partial charge in [0.05, 0.1) is 89.9 Å². The highest BCUT2D eigenvalue weighted by molar-refractivity contribution is 5.98. The number of halogens is 20. The number of fused-ring (bicyclic) bond motifs is 4. The summed E-state index contributed by atoms with van der Waals surface area (Å²) in [6.07, 6.45) is -14.2. The predicted molar refractivity (Wildman–Crippen MR) is 427 cm³/mol. The lowest BCUT2D eigenvalue weighted by Gasteiger charge is -2.33. The maximum absolute atomic E-state index is 14.0. The Balaban J connectivity index is 0.000000136. The molecule has 0 saturated carbocycles. The average molecular weight is 1880 g/mol. The summed E-state index contributed by atoms with van der Waals surface area (Å²) >= 11 is 0. The number of benzene rings is 4. The van der Waals surface area contributed by atoms with Gasteiger partial charge in [-0.15, -0.1) is 0 Å². The first-order chi connectivity index (χ1) is 63.1. The van der Waals surface area contributed by atoms with Crippen LogP contribution >= 0.6 is 0 Å². The third kappa shape index (κ3) is 19.5. The average Bonchev–Trinajstić information content (AvgIpc) is 1.39. The first-order valence-corrected chi connectivity index (χ1v) is 42.1. The molecule has 14 heterocycles. The first-order valence-electron chi connectivity index (χ1n) is 42.1. The van der Waals surface area contributed by atoms with Gasteiger partial charge in [-0.2, -0.15) is 73.1 Å². The van der Waals surface area contributed by atoms with Crippen LogP contribution in [0, 0.1) is 46.5 Å². The number of amides is 7. The summed E-state index contributed by atoms with van der Waals surface area (Å²) in [7, 11) is 0. The number of pyridine rings is 2. The fourth-order valence-corrected chi connectivity index (χ4v) is 18.3. The van der Waals surface area contributed by atoms with Crippen molar-refractivity contribution in [1.29, 1.82) is 0 Å². The summed E-state index contributed by atoms with van der Waals surface area (Å²) in [4.78, 5) is 110. The Morgan fingerprint density at radius 3 is 0.925 bits per heavy atom. The Hall–Kier alpha value is -13.1. The van der Waals surface area contributed by atoms with Crippen molar-refractivity contribution >= 4 is 41.4 Å². The SMILES string of the molecule is CC(=O)N1Cc2[nH]nc(C(=O)N3CCC(c4ccc(F)c(F)c4C(F)(F)F)CC3)c2C1.CCN1Cc2[nH]nc(C(=O)N3CCC(c4ccc(F)c(F)c4C(F)(F)F)CC3)c2C1.O=C(c1ccccn1)N1Cc2[nH]nc(C(=O)N3CCC(c4ccc(F)c(F)c4C(F)(F)F)CC3)c2C1.O=C(c1cccnc1)N1Cc2[nH]nc(C(=O)N3CCC(c4ccc(F)c(F)c4C(F)(F)F)CC3)c2C1. The number of hydrogen-bond acceptors (Lipinski definition) is 14. The Kier molecular flexibility index (Phi) is 26.9. The fourth-order valence-electron chi connectivity index (χ4n) is 18.3. The minimum atomic E-state index is -5.04. The van der Waals surface area contributed by atoms with Gasteiger partial charge in [-0.3, -0.25) is 68.8 Å². The van der Waals surface area contributed by atoms with Gasteiger partial charge in [-0.05, 0) is 152 Å². The van der Waals surface area contributed by atoms with Gasteiger partial charge in [-0.25, -0.2) is 35.1 Å². The molecule has 0 aliphatic carbocycles. The van der Waals surface area contributed by atoms with E-state index in [1.807, 2.05) is 6.92 Å². The summed E-state index contributed by atoms with van der Waals surface area (Å²) in [6.45, 7) is 8.31. The molecule has 0 spiro atoms. The molecule has 704 valence electrons. The number of piperidine rings is 4. The molecule has 8 aliphatic rings. The molecule has 0 bridgehead atoms. The standard InChI is InChI=1S/2C24H20F5N5O2.C20H19F5N4O2.C20H21F5N4O/c25-17-4-3-15(19(20(17)26)24(27,28)29)13-5-8-33(9-6-13)23(36)21-16-11-34(12-18(16)31-32-21)22(35)14-2-1-7-30-10-14;25-16-5-4-14(19(20(16)26)24(27,28)29)13-6-9-33(10-7-13)23(36)21-15-11-34(12-18(15)31-32-21)22(35)17-3-1-2-8-30-17;1-10(30)29-8-13-15(9-29)26-27-18(13)19(31)28-6-4-11(5-7-28)12-2-3-14(21)17(22)16(12)20(23,24)25;1-2-28-9-13-15(10-28)26-27-18(13)19(30)29-7-5-11(6-8-29)12-3-4-14(21)17(22)16(12)20(23,24)25/h1-4,7,10,13H,5-6,8-9,11-12H2,(H,31,32);1-5,8,13H,6-7,9-12H2,(H,31,32);2-3,11H,4-9H2,1H3,(H,26,27);3-4,11H,2,5-10H2,1H3,(H,26,27). The Bertz CT molecular complexity index is 5880. The number of aromatic amines is 4. The minimum absolute atomic E-state index is 0.123. The van der Waals surface area contributed by atoms with E-state index < -0.39 is 129 Å². The lowest BCUT2D eigenvalue weighted by Crippen LogP contribution is -2.39. The highest BCUT2D eigenvalue weighted by Crippen LogP contribution is 2.47. The van der Waals surface area contributed by atoms with Crippen molar-refractivity contribution in [1.82, 2.24) is 90.0 Å². The van der Waals surface area contributed by atoms with Gasteiger partial charge >= 0.3 is 24.7 Å². The number of nitrogens with one attached hydrogen (secondary N) is 4. The molecule has 18 rings (SSSR count). The van der Waals surface area contributed by atoms with Crippen molar-refractivity contribution < 1.29 is 121 Å². The normalized spacial score (nSPS) is 17.0. The van der Waals surface area contributed by atoms with E-state index in [-0.39, 0.29) is 211 Å². The van der Waals surface area contributed by atoms with Crippen LogP contribution in [0.4, 0.5) is 87.8 Å². The highest BCUT2D eigenvalue weighted by Gasteiger charge is 2.48. The Morgan fingerprint density at radius 2 is 0.639 bits per heavy atom. The molecular weight excluding hydrogens is 1800 g/mol. The van der Waals surface area contributed by atoms with Crippen LogP contribution in [0.2, 0.25) is 0 Å². The number of carbonyl (C=O) groups is 7. The number of alkyl halides is 12. The van der Waals surface area contributed by atoms with Crippen LogP contribution in [0.3, 0.4) is 0 Å². The number of rotatable bonds is 11. The van der Waals surface area contributed by atoms with Gasteiger partial charge in [-0.1, -0.05) is 37.3 Å². The van der Waals surface area contributed by atoms with E-state index in [2.05, 4.69) is 55.7 Å². The smallest absolute Gasteiger partial charge is 0.337 e. The second-order valence-corrected chi connectivity index (χ2v) is 33.1. The van der Waals surface area contributed by atoms with Crippen LogP contribution < -0.4 is 0 Å². The van der Waals surface area contributed by atoms with Crippen LogP contribution in [0.15, 0.2) is 97.5 Å². The van der Waals surface area contributed by atoms with Crippen molar-refractivity contribution in [3.05, 3.63) is 268 Å².